The molecule has 0 spiro atoms. The van der Waals surface area contributed by atoms with Gasteiger partial charge >= 0.3 is 0 Å². The number of amides is 2. The first-order valence-corrected chi connectivity index (χ1v) is 11.1. The fourth-order valence-electron chi connectivity index (χ4n) is 4.74. The summed E-state index contributed by atoms with van der Waals surface area (Å²) in [5.41, 5.74) is -1.58. The quantitative estimate of drug-likeness (QED) is 0.538. The third-order valence-corrected chi connectivity index (χ3v) is 6.56. The van der Waals surface area contributed by atoms with Crippen LogP contribution in [0.4, 0.5) is 23.2 Å². The Bertz CT molecular complexity index is 1500. The van der Waals surface area contributed by atoms with Gasteiger partial charge in [-0.05, 0) is 49.1 Å². The molecule has 1 atom stereocenters. The van der Waals surface area contributed by atoms with Crippen molar-refractivity contribution in [2.45, 2.75) is 32.4 Å². The van der Waals surface area contributed by atoms with E-state index in [4.69, 9.17) is 0 Å². The van der Waals surface area contributed by atoms with Crippen molar-refractivity contribution in [2.24, 2.45) is 0 Å². The first kappa shape index (κ1) is 23.6. The number of hydrogen-bond acceptors (Lipinski definition) is 4. The number of pyridine rings is 1. The Hall–Kier alpha value is -4.15. The van der Waals surface area contributed by atoms with E-state index in [1.165, 1.54) is 16.4 Å². The second-order valence-electron chi connectivity index (χ2n) is 8.87. The topological polar surface area (TPSA) is 91.6 Å². The molecule has 2 aromatic carbocycles. The van der Waals surface area contributed by atoms with Gasteiger partial charge in [0.15, 0.2) is 23.1 Å². The Morgan fingerprint density at radius 2 is 1.72 bits per heavy atom. The highest BCUT2D eigenvalue weighted by Crippen LogP contribution is 2.38. The Labute approximate surface area is 201 Å². The lowest BCUT2D eigenvalue weighted by atomic mass is 10.0. The number of nitrogens with one attached hydrogen (secondary N) is 1. The number of aromatic nitrogens is 1. The maximum atomic E-state index is 14.1. The summed E-state index contributed by atoms with van der Waals surface area (Å²) in [4.78, 5) is 40.0. The van der Waals surface area contributed by atoms with Crippen molar-refractivity contribution in [3.8, 4) is 5.75 Å². The van der Waals surface area contributed by atoms with E-state index >= 15 is 0 Å². The SMILES string of the molecule is Cc1cc(F)c(CNC(=O)c2cn3c(c(O)c2=O)C(=O)N2C[C@H]3CCc3cc(F)c(F)cc32)c(F)c1. The van der Waals surface area contributed by atoms with Crippen LogP contribution in [0.15, 0.2) is 35.3 Å². The van der Waals surface area contributed by atoms with E-state index in [9.17, 15) is 37.1 Å². The molecule has 2 amide bonds. The number of carbonyl (C=O) groups excluding carboxylic acids is 2. The minimum Gasteiger partial charge on any atom is -0.503 e. The minimum absolute atomic E-state index is 0.0348. The average Bonchev–Trinajstić information content (AvgIpc) is 2.97. The summed E-state index contributed by atoms with van der Waals surface area (Å²) < 4.78 is 57.3. The zero-order valence-electron chi connectivity index (χ0n) is 18.9. The molecule has 0 saturated heterocycles. The highest BCUT2D eigenvalue weighted by molar-refractivity contribution is 6.08. The Morgan fingerprint density at radius 1 is 1.06 bits per heavy atom. The summed E-state index contributed by atoms with van der Waals surface area (Å²) in [6.07, 6.45) is 1.71. The van der Waals surface area contributed by atoms with Gasteiger partial charge in [0.2, 0.25) is 5.43 Å². The van der Waals surface area contributed by atoms with Crippen molar-refractivity contribution in [1.82, 2.24) is 9.88 Å². The van der Waals surface area contributed by atoms with Crippen LogP contribution in [-0.2, 0) is 13.0 Å². The molecule has 2 aliphatic rings. The monoisotopic (exact) mass is 501 g/mol. The van der Waals surface area contributed by atoms with Crippen LogP contribution in [0.3, 0.4) is 0 Å². The molecule has 5 rings (SSSR count). The summed E-state index contributed by atoms with van der Waals surface area (Å²) in [6, 6.07) is 3.59. The van der Waals surface area contributed by atoms with Crippen LogP contribution >= 0.6 is 0 Å². The first-order chi connectivity index (χ1) is 17.1. The van der Waals surface area contributed by atoms with Gasteiger partial charge in [0.25, 0.3) is 11.8 Å². The van der Waals surface area contributed by atoms with Crippen LogP contribution in [0, 0.1) is 30.2 Å². The zero-order valence-corrected chi connectivity index (χ0v) is 18.9. The third-order valence-electron chi connectivity index (χ3n) is 6.56. The molecule has 2 bridgehead atoms. The van der Waals surface area contributed by atoms with Crippen molar-refractivity contribution in [3.63, 3.8) is 0 Å². The molecule has 0 fully saturated rings. The highest BCUT2D eigenvalue weighted by Gasteiger charge is 2.39. The molecule has 3 aromatic rings. The number of carbonyl (C=O) groups is 2. The molecule has 7 nitrogen and oxygen atoms in total. The fraction of sp³-hybridized carbons (Fsp3) is 0.240. The summed E-state index contributed by atoms with van der Waals surface area (Å²) in [7, 11) is 0. The summed E-state index contributed by atoms with van der Waals surface area (Å²) in [5, 5.41) is 12.9. The molecule has 0 saturated carbocycles. The number of halogens is 4. The standard InChI is InChI=1S/C25H19F4N3O4/c1-11-4-16(26)14(17(27)5-11)8-30-24(35)15-10-31-13-3-2-12-6-18(28)19(29)7-20(12)32(9-13)25(36)21(31)23(34)22(15)33/h4-7,10,13,34H,2-3,8-9H2,1H3,(H,30,35)/t13-/m1/s1. The van der Waals surface area contributed by atoms with Gasteiger partial charge in [-0.1, -0.05) is 0 Å². The van der Waals surface area contributed by atoms with Gasteiger partial charge in [-0.2, -0.15) is 0 Å². The van der Waals surface area contributed by atoms with E-state index < -0.39 is 70.0 Å². The van der Waals surface area contributed by atoms with E-state index in [1.807, 2.05) is 0 Å². The molecule has 0 radical (unpaired) electrons. The van der Waals surface area contributed by atoms with Crippen LogP contribution in [0.1, 0.15) is 50.0 Å². The average molecular weight is 501 g/mol. The Morgan fingerprint density at radius 3 is 2.42 bits per heavy atom. The largest absolute Gasteiger partial charge is 0.503 e. The molecule has 2 aliphatic heterocycles. The van der Waals surface area contributed by atoms with Gasteiger partial charge in [0.1, 0.15) is 17.2 Å². The van der Waals surface area contributed by atoms with Crippen LogP contribution in [-0.4, -0.2) is 28.0 Å². The summed E-state index contributed by atoms with van der Waals surface area (Å²) in [6.45, 7) is 0.987. The van der Waals surface area contributed by atoms with Crippen LogP contribution < -0.4 is 15.6 Å². The summed E-state index contributed by atoms with van der Waals surface area (Å²) in [5.74, 6) is -6.73. The van der Waals surface area contributed by atoms with Gasteiger partial charge in [0, 0.05) is 30.9 Å². The molecular formula is C25H19F4N3O4. The lowest BCUT2D eigenvalue weighted by molar-refractivity contribution is 0.0929. The molecule has 1 aromatic heterocycles. The van der Waals surface area contributed by atoms with Crippen molar-refractivity contribution < 1.29 is 32.3 Å². The maximum Gasteiger partial charge on any atom is 0.279 e. The van der Waals surface area contributed by atoms with Gasteiger partial charge in [0.05, 0.1) is 11.7 Å². The van der Waals surface area contributed by atoms with Gasteiger partial charge < -0.3 is 19.9 Å². The van der Waals surface area contributed by atoms with E-state index in [-0.39, 0.29) is 24.3 Å². The van der Waals surface area contributed by atoms with Crippen molar-refractivity contribution in [2.75, 3.05) is 11.4 Å². The number of benzene rings is 2. The van der Waals surface area contributed by atoms with Gasteiger partial charge in [-0.3, -0.25) is 14.4 Å². The third kappa shape index (κ3) is 3.71. The number of rotatable bonds is 3. The van der Waals surface area contributed by atoms with Crippen molar-refractivity contribution in [3.05, 3.63) is 91.9 Å². The minimum atomic E-state index is -1.15. The van der Waals surface area contributed by atoms with E-state index in [2.05, 4.69) is 5.32 Å². The lowest BCUT2D eigenvalue weighted by Crippen LogP contribution is -2.44. The van der Waals surface area contributed by atoms with Gasteiger partial charge in [-0.15, -0.1) is 0 Å². The zero-order chi connectivity index (χ0) is 25.9. The van der Waals surface area contributed by atoms with Crippen LogP contribution in [0.5, 0.6) is 5.75 Å². The molecule has 2 N–H and O–H groups in total. The Balaban J connectivity index is 1.51. The van der Waals surface area contributed by atoms with E-state index in [0.29, 0.717) is 17.5 Å². The second kappa shape index (κ2) is 8.51. The molecule has 3 heterocycles. The molecular weight excluding hydrogens is 482 g/mol. The van der Waals surface area contributed by atoms with Crippen LogP contribution in [0.2, 0.25) is 0 Å². The molecule has 0 unspecified atom stereocenters. The molecule has 186 valence electrons. The van der Waals surface area contributed by atoms with Gasteiger partial charge in [-0.25, -0.2) is 17.6 Å². The number of aryl methyl sites for hydroxylation is 2. The molecule has 0 aliphatic carbocycles. The second-order valence-corrected chi connectivity index (χ2v) is 8.87. The first-order valence-electron chi connectivity index (χ1n) is 11.1. The summed E-state index contributed by atoms with van der Waals surface area (Å²) >= 11 is 0. The highest BCUT2D eigenvalue weighted by atomic mass is 19.2. The number of nitrogens with zero attached hydrogens (tertiary/aromatic N) is 2. The smallest absolute Gasteiger partial charge is 0.279 e. The van der Waals surface area contributed by atoms with Crippen molar-refractivity contribution in [1.29, 1.82) is 0 Å². The lowest BCUT2D eigenvalue weighted by Gasteiger charge is -2.35. The number of aromatic hydroxyl groups is 1. The number of anilines is 1. The van der Waals surface area contributed by atoms with Crippen molar-refractivity contribution >= 4 is 17.5 Å². The predicted octanol–water partition coefficient (Wildman–Crippen LogP) is 3.50. The Kier molecular flexibility index (Phi) is 5.57. The molecule has 36 heavy (non-hydrogen) atoms. The number of hydrogen-bond donors (Lipinski definition) is 2. The van der Waals surface area contributed by atoms with E-state index in [1.54, 1.807) is 0 Å². The normalized spacial score (nSPS) is 16.3. The van der Waals surface area contributed by atoms with Crippen LogP contribution in [0.25, 0.3) is 0 Å². The fourth-order valence-corrected chi connectivity index (χ4v) is 4.74. The number of fused-ring (bicyclic) bond motifs is 6. The van der Waals surface area contributed by atoms with E-state index in [0.717, 1.165) is 30.5 Å². The predicted molar refractivity (Wildman–Crippen MR) is 120 cm³/mol. The molecule has 11 heteroatoms. The maximum absolute atomic E-state index is 14.1.